The van der Waals surface area contributed by atoms with Crippen LogP contribution in [0.2, 0.25) is 10.0 Å². The molecule has 1 aromatic heterocycles. The van der Waals surface area contributed by atoms with Crippen molar-refractivity contribution in [2.75, 3.05) is 13.2 Å². The Morgan fingerprint density at radius 3 is 2.64 bits per heavy atom. The summed E-state index contributed by atoms with van der Waals surface area (Å²) in [7, 11) is 0. The van der Waals surface area contributed by atoms with Crippen LogP contribution in [0, 0.1) is 0 Å². The van der Waals surface area contributed by atoms with Crippen molar-refractivity contribution in [1.29, 1.82) is 0 Å². The molecule has 7 nitrogen and oxygen atoms in total. The third-order valence-corrected chi connectivity index (χ3v) is 3.34. The molecule has 0 spiro atoms. The minimum Gasteiger partial charge on any atom is -0.394 e. The molecular formula is C13H15Cl2N5O2. The summed E-state index contributed by atoms with van der Waals surface area (Å²) in [6, 6.07) is 4.17. The number of nitrogens with two attached hydrogens (primary N) is 1. The fourth-order valence-electron chi connectivity index (χ4n) is 1.89. The molecule has 1 unspecified atom stereocenters. The monoisotopic (exact) mass is 343 g/mol. The summed E-state index contributed by atoms with van der Waals surface area (Å²) in [5.41, 5.74) is 6.14. The van der Waals surface area contributed by atoms with Gasteiger partial charge >= 0.3 is 0 Å². The molecule has 4 N–H and O–H groups in total. The van der Waals surface area contributed by atoms with Gasteiger partial charge < -0.3 is 16.2 Å². The van der Waals surface area contributed by atoms with E-state index in [-0.39, 0.29) is 12.3 Å². The molecule has 2 rings (SSSR count). The molecule has 9 heteroatoms. The summed E-state index contributed by atoms with van der Waals surface area (Å²) in [5.74, 6) is -0.460. The molecule has 1 amide bonds. The number of nitrogens with one attached hydrogen (secondary N) is 1. The molecule has 0 bridgehead atoms. The van der Waals surface area contributed by atoms with Gasteiger partial charge in [-0.25, -0.2) is 0 Å². The highest BCUT2D eigenvalue weighted by molar-refractivity contribution is 6.34. The molecule has 22 heavy (non-hydrogen) atoms. The SMILES string of the molecule is NCCn1cc(C(=O)NC(CO)c2cc(Cl)cc(Cl)c2)nn1. The van der Waals surface area contributed by atoms with Crippen LogP contribution in [0.3, 0.4) is 0 Å². The number of aliphatic hydroxyl groups excluding tert-OH is 1. The second-order valence-corrected chi connectivity index (χ2v) is 5.44. The van der Waals surface area contributed by atoms with Crippen LogP contribution < -0.4 is 11.1 Å². The average molecular weight is 344 g/mol. The quantitative estimate of drug-likeness (QED) is 0.725. The molecule has 0 saturated heterocycles. The zero-order valence-electron chi connectivity index (χ0n) is 11.5. The predicted molar refractivity (Wildman–Crippen MR) is 82.8 cm³/mol. The first kappa shape index (κ1) is 16.7. The maximum atomic E-state index is 12.1. The van der Waals surface area contributed by atoms with Crippen molar-refractivity contribution in [2.45, 2.75) is 12.6 Å². The third-order valence-electron chi connectivity index (χ3n) is 2.90. The Kier molecular flexibility index (Phi) is 5.73. The van der Waals surface area contributed by atoms with E-state index >= 15 is 0 Å². The van der Waals surface area contributed by atoms with Gasteiger partial charge in [0.1, 0.15) is 0 Å². The van der Waals surface area contributed by atoms with Crippen LogP contribution in [0.1, 0.15) is 22.1 Å². The Morgan fingerprint density at radius 2 is 2.05 bits per heavy atom. The number of benzene rings is 1. The Bertz CT molecular complexity index is 641. The lowest BCUT2D eigenvalue weighted by atomic mass is 10.1. The van der Waals surface area contributed by atoms with Crippen LogP contribution >= 0.6 is 23.2 Å². The van der Waals surface area contributed by atoms with Gasteiger partial charge in [0.25, 0.3) is 5.91 Å². The fraction of sp³-hybridized carbons (Fsp3) is 0.308. The normalized spacial score (nSPS) is 12.2. The highest BCUT2D eigenvalue weighted by atomic mass is 35.5. The molecule has 0 aliphatic carbocycles. The minimum atomic E-state index is -0.650. The predicted octanol–water partition coefficient (Wildman–Crippen LogP) is 1.01. The first-order valence-corrected chi connectivity index (χ1v) is 7.27. The van der Waals surface area contributed by atoms with Crippen LogP contribution in [-0.4, -0.2) is 39.2 Å². The van der Waals surface area contributed by atoms with Crippen molar-refractivity contribution in [2.24, 2.45) is 5.73 Å². The van der Waals surface area contributed by atoms with E-state index in [2.05, 4.69) is 15.6 Å². The Morgan fingerprint density at radius 1 is 1.36 bits per heavy atom. The number of rotatable bonds is 6. The van der Waals surface area contributed by atoms with Crippen LogP contribution in [0.25, 0.3) is 0 Å². The Balaban J connectivity index is 2.13. The van der Waals surface area contributed by atoms with Crippen LogP contribution in [0.5, 0.6) is 0 Å². The number of carbonyl (C=O) groups excluding carboxylic acids is 1. The molecule has 1 aromatic carbocycles. The molecule has 0 aliphatic rings. The molecule has 0 radical (unpaired) electrons. The summed E-state index contributed by atoms with van der Waals surface area (Å²) in [5, 5.41) is 20.5. The average Bonchev–Trinajstić information content (AvgIpc) is 2.92. The number of amides is 1. The van der Waals surface area contributed by atoms with E-state index in [9.17, 15) is 9.90 Å². The lowest BCUT2D eigenvalue weighted by Gasteiger charge is -2.16. The van der Waals surface area contributed by atoms with Crippen LogP contribution in [0.4, 0.5) is 0 Å². The number of aromatic nitrogens is 3. The fourth-order valence-corrected chi connectivity index (χ4v) is 2.43. The maximum Gasteiger partial charge on any atom is 0.274 e. The summed E-state index contributed by atoms with van der Waals surface area (Å²) in [6.45, 7) is 0.553. The number of aliphatic hydroxyl groups is 1. The van der Waals surface area contributed by atoms with Gasteiger partial charge in [0.05, 0.1) is 25.4 Å². The first-order valence-electron chi connectivity index (χ1n) is 6.51. The second kappa shape index (κ2) is 7.55. The number of hydrogen-bond donors (Lipinski definition) is 3. The topological polar surface area (TPSA) is 106 Å². The molecular weight excluding hydrogens is 329 g/mol. The first-order chi connectivity index (χ1) is 10.5. The summed E-state index contributed by atoms with van der Waals surface area (Å²) < 4.78 is 1.47. The Hall–Kier alpha value is -1.67. The zero-order valence-corrected chi connectivity index (χ0v) is 13.1. The molecule has 0 fully saturated rings. The van der Waals surface area contributed by atoms with Crippen molar-refractivity contribution < 1.29 is 9.90 Å². The van der Waals surface area contributed by atoms with Crippen molar-refractivity contribution >= 4 is 29.1 Å². The largest absolute Gasteiger partial charge is 0.394 e. The van der Waals surface area contributed by atoms with E-state index in [1.165, 1.54) is 10.9 Å². The summed E-state index contributed by atoms with van der Waals surface area (Å²) in [4.78, 5) is 12.1. The molecule has 0 saturated carbocycles. The highest BCUT2D eigenvalue weighted by Gasteiger charge is 2.18. The molecule has 0 aliphatic heterocycles. The number of nitrogens with zero attached hydrogens (tertiary/aromatic N) is 3. The third kappa shape index (κ3) is 4.17. The minimum absolute atomic E-state index is 0.139. The number of halogens is 2. The van der Waals surface area contributed by atoms with E-state index in [1.807, 2.05) is 0 Å². The van der Waals surface area contributed by atoms with Crippen molar-refractivity contribution in [3.8, 4) is 0 Å². The van der Waals surface area contributed by atoms with E-state index in [0.717, 1.165) is 0 Å². The second-order valence-electron chi connectivity index (χ2n) is 4.57. The zero-order chi connectivity index (χ0) is 16.1. The summed E-state index contributed by atoms with van der Waals surface area (Å²) >= 11 is 11.9. The molecule has 1 atom stereocenters. The lowest BCUT2D eigenvalue weighted by molar-refractivity contribution is 0.0911. The smallest absolute Gasteiger partial charge is 0.274 e. The van der Waals surface area contributed by atoms with Crippen LogP contribution in [0.15, 0.2) is 24.4 Å². The van der Waals surface area contributed by atoms with E-state index in [0.29, 0.717) is 28.7 Å². The van der Waals surface area contributed by atoms with E-state index in [4.69, 9.17) is 28.9 Å². The van der Waals surface area contributed by atoms with Crippen molar-refractivity contribution in [3.63, 3.8) is 0 Å². The van der Waals surface area contributed by atoms with Gasteiger partial charge in [-0.3, -0.25) is 9.48 Å². The van der Waals surface area contributed by atoms with Gasteiger partial charge in [-0.2, -0.15) is 0 Å². The lowest BCUT2D eigenvalue weighted by Crippen LogP contribution is -2.31. The van der Waals surface area contributed by atoms with Gasteiger partial charge in [0.15, 0.2) is 5.69 Å². The summed E-state index contributed by atoms with van der Waals surface area (Å²) in [6.07, 6.45) is 1.49. The maximum absolute atomic E-state index is 12.1. The van der Waals surface area contributed by atoms with Gasteiger partial charge in [-0.1, -0.05) is 28.4 Å². The highest BCUT2D eigenvalue weighted by Crippen LogP contribution is 2.23. The molecule has 1 heterocycles. The van der Waals surface area contributed by atoms with Crippen molar-refractivity contribution in [1.82, 2.24) is 20.3 Å². The van der Waals surface area contributed by atoms with E-state index in [1.54, 1.807) is 18.2 Å². The number of hydrogen-bond acceptors (Lipinski definition) is 5. The standard InChI is InChI=1S/C13H15Cl2N5O2/c14-9-3-8(4-10(15)5-9)12(7-21)17-13(22)11-6-20(2-1-16)19-18-11/h3-6,12,21H,1-2,7,16H2,(H,17,22). The van der Waals surface area contributed by atoms with Gasteiger partial charge in [-0.05, 0) is 23.8 Å². The Labute approximate surface area is 137 Å². The molecule has 118 valence electrons. The van der Waals surface area contributed by atoms with Gasteiger partial charge in [0.2, 0.25) is 0 Å². The number of carbonyl (C=O) groups is 1. The van der Waals surface area contributed by atoms with Gasteiger partial charge in [-0.15, -0.1) is 5.10 Å². The molecule has 2 aromatic rings. The van der Waals surface area contributed by atoms with Crippen molar-refractivity contribution in [3.05, 3.63) is 45.7 Å². The van der Waals surface area contributed by atoms with Crippen LogP contribution in [-0.2, 0) is 6.54 Å². The van der Waals surface area contributed by atoms with E-state index < -0.39 is 11.9 Å². The van der Waals surface area contributed by atoms with Gasteiger partial charge in [0, 0.05) is 16.6 Å².